The number of rotatable bonds is 6. The Hall–Kier alpha value is -3.10. The summed E-state index contributed by atoms with van der Waals surface area (Å²) in [7, 11) is 0. The number of oxazole rings is 1. The lowest BCUT2D eigenvalue weighted by Crippen LogP contribution is -2.45. The monoisotopic (exact) mass is 440 g/mol. The summed E-state index contributed by atoms with van der Waals surface area (Å²) in [6.45, 7) is 7.97. The van der Waals surface area contributed by atoms with Crippen LogP contribution in [0, 0.1) is 25.5 Å². The Balaban J connectivity index is 1.27. The van der Waals surface area contributed by atoms with Crippen LogP contribution in [-0.4, -0.2) is 46.9 Å². The molecule has 1 aliphatic rings. The SMILES string of the molecule is Cc1ccc(NC(=O)c2coc(CN3CCN(Cc4ccc(F)cc4F)CC3)n2)cc1C. The van der Waals surface area contributed by atoms with Crippen molar-refractivity contribution in [2.45, 2.75) is 26.9 Å². The average Bonchev–Trinajstić information content (AvgIpc) is 3.23. The number of amides is 1. The van der Waals surface area contributed by atoms with Gasteiger partial charge in [-0.25, -0.2) is 13.8 Å². The molecular weight excluding hydrogens is 414 g/mol. The van der Waals surface area contributed by atoms with E-state index in [-0.39, 0.29) is 11.6 Å². The van der Waals surface area contributed by atoms with Crippen molar-refractivity contribution < 1.29 is 18.0 Å². The Labute approximate surface area is 185 Å². The molecule has 0 radical (unpaired) electrons. The maximum Gasteiger partial charge on any atom is 0.277 e. The second-order valence-electron chi connectivity index (χ2n) is 8.17. The lowest BCUT2D eigenvalue weighted by atomic mass is 10.1. The predicted molar refractivity (Wildman–Crippen MR) is 117 cm³/mol. The Morgan fingerprint density at radius 3 is 2.41 bits per heavy atom. The molecule has 1 aromatic heterocycles. The van der Waals surface area contributed by atoms with Gasteiger partial charge < -0.3 is 9.73 Å². The van der Waals surface area contributed by atoms with Crippen molar-refractivity contribution in [2.75, 3.05) is 31.5 Å². The number of nitrogens with one attached hydrogen (secondary N) is 1. The molecule has 0 aliphatic carbocycles. The minimum absolute atomic E-state index is 0.239. The summed E-state index contributed by atoms with van der Waals surface area (Å²) in [4.78, 5) is 21.1. The predicted octanol–water partition coefficient (Wildman–Crippen LogP) is 4.14. The summed E-state index contributed by atoms with van der Waals surface area (Å²) in [5.41, 5.74) is 3.71. The molecule has 4 rings (SSSR count). The van der Waals surface area contributed by atoms with E-state index in [2.05, 4.69) is 20.1 Å². The molecule has 1 aliphatic heterocycles. The largest absolute Gasteiger partial charge is 0.447 e. The standard InChI is InChI=1S/C24H26F2N4O2/c1-16-3-6-20(11-17(16)2)27-24(31)22-15-32-23(28-22)14-30-9-7-29(8-10-30)13-18-4-5-19(25)12-21(18)26/h3-6,11-12,15H,7-10,13-14H2,1-2H3,(H,27,31). The van der Waals surface area contributed by atoms with Crippen LogP contribution in [0.1, 0.15) is 33.1 Å². The molecule has 6 nitrogen and oxygen atoms in total. The van der Waals surface area contributed by atoms with Gasteiger partial charge in [0.05, 0.1) is 6.54 Å². The van der Waals surface area contributed by atoms with Gasteiger partial charge >= 0.3 is 0 Å². The minimum atomic E-state index is -0.566. The highest BCUT2D eigenvalue weighted by Gasteiger charge is 2.21. The van der Waals surface area contributed by atoms with E-state index in [0.717, 1.165) is 49.1 Å². The molecular formula is C24H26F2N4O2. The number of piperazine rings is 1. The summed E-state index contributed by atoms with van der Waals surface area (Å²) < 4.78 is 32.5. The number of hydrogen-bond acceptors (Lipinski definition) is 5. The molecule has 2 heterocycles. The number of aryl methyl sites for hydroxylation is 2. The highest BCUT2D eigenvalue weighted by molar-refractivity contribution is 6.02. The zero-order valence-electron chi connectivity index (χ0n) is 18.2. The van der Waals surface area contributed by atoms with Crippen LogP contribution in [0.2, 0.25) is 0 Å². The second kappa shape index (κ2) is 9.58. The third kappa shape index (κ3) is 5.38. The summed E-state index contributed by atoms with van der Waals surface area (Å²) in [6.07, 6.45) is 1.37. The molecule has 1 fully saturated rings. The molecule has 168 valence electrons. The Morgan fingerprint density at radius 2 is 1.72 bits per heavy atom. The molecule has 0 saturated carbocycles. The van der Waals surface area contributed by atoms with Gasteiger partial charge in [-0.1, -0.05) is 12.1 Å². The van der Waals surface area contributed by atoms with Crippen LogP contribution in [0.3, 0.4) is 0 Å². The van der Waals surface area contributed by atoms with E-state index in [1.807, 2.05) is 32.0 Å². The number of carbonyl (C=O) groups is 1. The number of aromatic nitrogens is 1. The van der Waals surface area contributed by atoms with Crippen LogP contribution in [0.25, 0.3) is 0 Å². The van der Waals surface area contributed by atoms with Crippen molar-refractivity contribution in [2.24, 2.45) is 0 Å². The molecule has 1 saturated heterocycles. The minimum Gasteiger partial charge on any atom is -0.447 e. The third-order valence-electron chi connectivity index (χ3n) is 5.78. The summed E-state index contributed by atoms with van der Waals surface area (Å²) >= 11 is 0. The Bertz CT molecular complexity index is 1110. The fourth-order valence-corrected chi connectivity index (χ4v) is 3.69. The normalized spacial score (nSPS) is 15.1. The van der Waals surface area contributed by atoms with Gasteiger partial charge in [0.2, 0.25) is 5.89 Å². The molecule has 32 heavy (non-hydrogen) atoms. The van der Waals surface area contributed by atoms with E-state index >= 15 is 0 Å². The van der Waals surface area contributed by atoms with Gasteiger partial charge in [0, 0.05) is 50.0 Å². The maximum absolute atomic E-state index is 13.9. The number of benzene rings is 2. The zero-order chi connectivity index (χ0) is 22.7. The molecule has 0 bridgehead atoms. The van der Waals surface area contributed by atoms with Crippen LogP contribution >= 0.6 is 0 Å². The fraction of sp³-hybridized carbons (Fsp3) is 0.333. The van der Waals surface area contributed by atoms with Crippen molar-refractivity contribution in [1.29, 1.82) is 0 Å². The second-order valence-corrected chi connectivity index (χ2v) is 8.17. The lowest BCUT2D eigenvalue weighted by Gasteiger charge is -2.34. The first-order valence-electron chi connectivity index (χ1n) is 10.6. The van der Waals surface area contributed by atoms with Crippen LogP contribution in [0.5, 0.6) is 0 Å². The van der Waals surface area contributed by atoms with Gasteiger partial charge in [-0.2, -0.15) is 0 Å². The summed E-state index contributed by atoms with van der Waals surface area (Å²) in [6, 6.07) is 9.44. The highest BCUT2D eigenvalue weighted by Crippen LogP contribution is 2.17. The van der Waals surface area contributed by atoms with Gasteiger partial charge in [0.1, 0.15) is 17.9 Å². The maximum atomic E-state index is 13.9. The Morgan fingerprint density at radius 1 is 1.00 bits per heavy atom. The molecule has 8 heteroatoms. The van der Waals surface area contributed by atoms with E-state index in [1.165, 1.54) is 18.4 Å². The smallest absolute Gasteiger partial charge is 0.277 e. The van der Waals surface area contributed by atoms with Crippen molar-refractivity contribution in [3.05, 3.63) is 82.6 Å². The quantitative estimate of drug-likeness (QED) is 0.624. The van der Waals surface area contributed by atoms with E-state index in [9.17, 15) is 13.6 Å². The van der Waals surface area contributed by atoms with Gasteiger partial charge in [-0.15, -0.1) is 0 Å². The fourth-order valence-electron chi connectivity index (χ4n) is 3.69. The van der Waals surface area contributed by atoms with Crippen LogP contribution in [0.4, 0.5) is 14.5 Å². The van der Waals surface area contributed by atoms with Crippen molar-refractivity contribution in [3.8, 4) is 0 Å². The van der Waals surface area contributed by atoms with Crippen LogP contribution < -0.4 is 5.32 Å². The Kier molecular flexibility index (Phi) is 6.62. The van der Waals surface area contributed by atoms with E-state index in [1.54, 1.807) is 0 Å². The molecule has 2 aromatic carbocycles. The van der Waals surface area contributed by atoms with Crippen molar-refractivity contribution in [3.63, 3.8) is 0 Å². The average molecular weight is 440 g/mol. The topological polar surface area (TPSA) is 61.6 Å². The number of hydrogen-bond donors (Lipinski definition) is 1. The van der Waals surface area contributed by atoms with Crippen molar-refractivity contribution >= 4 is 11.6 Å². The van der Waals surface area contributed by atoms with Gasteiger partial charge in [-0.05, 0) is 43.2 Å². The molecule has 0 unspecified atom stereocenters. The van der Waals surface area contributed by atoms with E-state index in [0.29, 0.717) is 24.5 Å². The summed E-state index contributed by atoms with van der Waals surface area (Å²) in [5.74, 6) is -0.912. The highest BCUT2D eigenvalue weighted by atomic mass is 19.1. The summed E-state index contributed by atoms with van der Waals surface area (Å²) in [5, 5.41) is 2.84. The van der Waals surface area contributed by atoms with E-state index < -0.39 is 11.6 Å². The molecule has 1 amide bonds. The molecule has 0 spiro atoms. The molecule has 0 atom stereocenters. The van der Waals surface area contributed by atoms with Gasteiger partial charge in [0.25, 0.3) is 5.91 Å². The van der Waals surface area contributed by atoms with Crippen LogP contribution in [-0.2, 0) is 13.1 Å². The number of nitrogens with zero attached hydrogens (tertiary/aromatic N) is 3. The van der Waals surface area contributed by atoms with Gasteiger partial charge in [0.15, 0.2) is 5.69 Å². The van der Waals surface area contributed by atoms with Crippen molar-refractivity contribution in [1.82, 2.24) is 14.8 Å². The van der Waals surface area contributed by atoms with Crippen LogP contribution in [0.15, 0.2) is 47.1 Å². The number of halogens is 2. The van der Waals surface area contributed by atoms with Gasteiger partial charge in [-0.3, -0.25) is 14.6 Å². The first-order valence-corrected chi connectivity index (χ1v) is 10.6. The molecule has 1 N–H and O–H groups in total. The first kappa shape index (κ1) is 22.1. The van der Waals surface area contributed by atoms with E-state index in [4.69, 9.17) is 4.42 Å². The molecule has 3 aromatic rings. The first-order chi connectivity index (χ1) is 15.4. The third-order valence-corrected chi connectivity index (χ3v) is 5.78. The zero-order valence-corrected chi connectivity index (χ0v) is 18.2. The number of carbonyl (C=O) groups excluding carboxylic acids is 1. The lowest BCUT2D eigenvalue weighted by molar-refractivity contribution is 0.102. The number of anilines is 1.